The Kier molecular flexibility index (Phi) is 9.44. The van der Waals surface area contributed by atoms with E-state index >= 15 is 0 Å². The van der Waals surface area contributed by atoms with Crippen molar-refractivity contribution in [1.29, 1.82) is 0 Å². The summed E-state index contributed by atoms with van der Waals surface area (Å²) < 4.78 is 11.6. The Morgan fingerprint density at radius 1 is 0.914 bits per heavy atom. The first-order chi connectivity index (χ1) is 16.9. The number of carbonyl (C=O) groups is 3. The van der Waals surface area contributed by atoms with E-state index in [-0.39, 0.29) is 23.5 Å². The maximum Gasteiger partial charge on any atom is 0.257 e. The van der Waals surface area contributed by atoms with Crippen LogP contribution in [0.2, 0.25) is 0 Å². The van der Waals surface area contributed by atoms with Gasteiger partial charge in [-0.05, 0) is 50.2 Å². The van der Waals surface area contributed by atoms with Crippen molar-refractivity contribution in [3.05, 3.63) is 48.0 Å². The third kappa shape index (κ3) is 7.97. The van der Waals surface area contributed by atoms with E-state index in [4.69, 9.17) is 9.47 Å². The highest BCUT2D eigenvalue weighted by Crippen LogP contribution is 2.30. The first-order valence-electron chi connectivity index (χ1n) is 10.7. The SMILES string of the molecule is CCOc1ccc(C(=O)Nc2nnc(SCC(=O)Nc3cccc(NC(C)=O)c3)s2)cc1OCC. The Bertz CT molecular complexity index is 1200. The molecule has 0 saturated heterocycles. The van der Waals surface area contributed by atoms with Crippen LogP contribution in [0.5, 0.6) is 11.5 Å². The van der Waals surface area contributed by atoms with Gasteiger partial charge < -0.3 is 20.1 Å². The number of thioether (sulfide) groups is 1. The standard InChI is InChI=1S/C23H25N5O5S2/c1-4-32-18-10-9-15(11-19(18)33-5-2)21(31)26-22-27-28-23(35-22)34-13-20(30)25-17-8-6-7-16(12-17)24-14(3)29/h6-12H,4-5,13H2,1-3H3,(H,24,29)(H,25,30)(H,26,27,31). The number of rotatable bonds is 11. The Balaban J connectivity index is 1.54. The molecule has 3 rings (SSSR count). The molecule has 3 aromatic rings. The second-order valence-corrected chi connectivity index (χ2v) is 9.15. The number of aromatic nitrogens is 2. The van der Waals surface area contributed by atoms with Gasteiger partial charge in [-0.3, -0.25) is 19.7 Å². The zero-order chi connectivity index (χ0) is 25.2. The second kappa shape index (κ2) is 12.7. The summed E-state index contributed by atoms with van der Waals surface area (Å²) >= 11 is 2.36. The topological polar surface area (TPSA) is 132 Å². The molecule has 12 heteroatoms. The molecular formula is C23H25N5O5S2. The molecule has 0 atom stereocenters. The third-order valence-corrected chi connectivity index (χ3v) is 6.20. The first kappa shape index (κ1) is 26.0. The van der Waals surface area contributed by atoms with Gasteiger partial charge in [-0.2, -0.15) is 0 Å². The number of benzene rings is 2. The molecule has 0 saturated carbocycles. The summed E-state index contributed by atoms with van der Waals surface area (Å²) in [6.07, 6.45) is 0. The van der Waals surface area contributed by atoms with Crippen LogP contribution in [-0.2, 0) is 9.59 Å². The highest BCUT2D eigenvalue weighted by atomic mass is 32.2. The van der Waals surface area contributed by atoms with E-state index in [0.717, 1.165) is 11.3 Å². The molecule has 0 fully saturated rings. The third-order valence-electron chi connectivity index (χ3n) is 4.23. The van der Waals surface area contributed by atoms with Crippen LogP contribution in [0.3, 0.4) is 0 Å². The lowest BCUT2D eigenvalue weighted by Gasteiger charge is -2.12. The minimum Gasteiger partial charge on any atom is -0.490 e. The van der Waals surface area contributed by atoms with Crippen LogP contribution >= 0.6 is 23.1 Å². The molecule has 0 aliphatic rings. The summed E-state index contributed by atoms with van der Waals surface area (Å²) in [5.74, 6) is 0.362. The predicted octanol–water partition coefficient (Wildman–Crippen LogP) is 4.28. The van der Waals surface area contributed by atoms with Crippen molar-refractivity contribution in [2.75, 3.05) is 34.9 Å². The van der Waals surface area contributed by atoms with Gasteiger partial charge in [-0.25, -0.2) is 0 Å². The molecular weight excluding hydrogens is 490 g/mol. The summed E-state index contributed by atoms with van der Waals surface area (Å²) in [4.78, 5) is 36.1. The van der Waals surface area contributed by atoms with Crippen molar-refractivity contribution in [2.24, 2.45) is 0 Å². The van der Waals surface area contributed by atoms with Crippen molar-refractivity contribution in [3.8, 4) is 11.5 Å². The monoisotopic (exact) mass is 515 g/mol. The fourth-order valence-corrected chi connectivity index (χ4v) is 4.43. The summed E-state index contributed by atoms with van der Waals surface area (Å²) in [5, 5.41) is 16.5. The zero-order valence-electron chi connectivity index (χ0n) is 19.4. The second-order valence-electron chi connectivity index (χ2n) is 6.95. The number of hydrogen-bond donors (Lipinski definition) is 3. The predicted molar refractivity (Wildman–Crippen MR) is 137 cm³/mol. The summed E-state index contributed by atoms with van der Waals surface area (Å²) in [5.41, 5.74) is 1.55. The van der Waals surface area contributed by atoms with Crippen LogP contribution in [0.25, 0.3) is 0 Å². The molecule has 0 unspecified atom stereocenters. The van der Waals surface area contributed by atoms with E-state index in [9.17, 15) is 14.4 Å². The minimum atomic E-state index is -0.363. The van der Waals surface area contributed by atoms with Gasteiger partial charge >= 0.3 is 0 Å². The number of nitrogens with zero attached hydrogens (tertiary/aromatic N) is 2. The van der Waals surface area contributed by atoms with E-state index in [2.05, 4.69) is 26.1 Å². The molecule has 0 aliphatic heterocycles. The van der Waals surface area contributed by atoms with Gasteiger partial charge in [-0.15, -0.1) is 10.2 Å². The van der Waals surface area contributed by atoms with Crippen molar-refractivity contribution in [1.82, 2.24) is 10.2 Å². The number of anilines is 3. The first-order valence-corrected chi connectivity index (χ1v) is 12.5. The molecule has 0 spiro atoms. The maximum atomic E-state index is 12.6. The summed E-state index contributed by atoms with van der Waals surface area (Å²) in [6.45, 7) is 6.06. The van der Waals surface area contributed by atoms with Crippen molar-refractivity contribution in [2.45, 2.75) is 25.1 Å². The lowest BCUT2D eigenvalue weighted by Crippen LogP contribution is -2.14. The number of carbonyl (C=O) groups excluding carboxylic acids is 3. The lowest BCUT2D eigenvalue weighted by atomic mass is 10.2. The molecule has 1 aromatic heterocycles. The van der Waals surface area contributed by atoms with Crippen molar-refractivity contribution >= 4 is 57.3 Å². The van der Waals surface area contributed by atoms with E-state index in [1.807, 2.05) is 13.8 Å². The van der Waals surface area contributed by atoms with E-state index in [1.165, 1.54) is 18.7 Å². The fourth-order valence-electron chi connectivity index (χ4n) is 2.88. The normalized spacial score (nSPS) is 10.4. The largest absolute Gasteiger partial charge is 0.490 e. The highest BCUT2D eigenvalue weighted by molar-refractivity contribution is 8.01. The van der Waals surface area contributed by atoms with Crippen molar-refractivity contribution in [3.63, 3.8) is 0 Å². The number of ether oxygens (including phenoxy) is 2. The van der Waals surface area contributed by atoms with Crippen LogP contribution in [0.1, 0.15) is 31.1 Å². The molecule has 10 nitrogen and oxygen atoms in total. The van der Waals surface area contributed by atoms with E-state index in [1.54, 1.807) is 42.5 Å². The van der Waals surface area contributed by atoms with E-state index in [0.29, 0.717) is 51.1 Å². The van der Waals surface area contributed by atoms with Crippen LogP contribution < -0.4 is 25.4 Å². The molecule has 0 aliphatic carbocycles. The number of amides is 3. The van der Waals surface area contributed by atoms with Crippen molar-refractivity contribution < 1.29 is 23.9 Å². The Morgan fingerprint density at radius 2 is 1.63 bits per heavy atom. The Hall–Kier alpha value is -3.64. The molecule has 0 bridgehead atoms. The van der Waals surface area contributed by atoms with Gasteiger partial charge in [0.15, 0.2) is 15.8 Å². The smallest absolute Gasteiger partial charge is 0.257 e. The molecule has 35 heavy (non-hydrogen) atoms. The molecule has 0 radical (unpaired) electrons. The summed E-state index contributed by atoms with van der Waals surface area (Å²) in [7, 11) is 0. The summed E-state index contributed by atoms with van der Waals surface area (Å²) in [6, 6.07) is 11.8. The highest BCUT2D eigenvalue weighted by Gasteiger charge is 2.15. The molecule has 1 heterocycles. The molecule has 184 valence electrons. The van der Waals surface area contributed by atoms with Gasteiger partial charge in [0.05, 0.1) is 19.0 Å². The van der Waals surface area contributed by atoms with Gasteiger partial charge in [0, 0.05) is 23.9 Å². The average Bonchev–Trinajstić information content (AvgIpc) is 3.26. The van der Waals surface area contributed by atoms with Crippen LogP contribution in [-0.4, -0.2) is 46.9 Å². The Morgan fingerprint density at radius 3 is 2.34 bits per heavy atom. The van der Waals surface area contributed by atoms with Gasteiger partial charge in [0.25, 0.3) is 5.91 Å². The molecule has 3 N–H and O–H groups in total. The molecule has 2 aromatic carbocycles. The number of hydrogen-bond acceptors (Lipinski definition) is 9. The van der Waals surface area contributed by atoms with Gasteiger partial charge in [0.2, 0.25) is 16.9 Å². The quantitative estimate of drug-likeness (QED) is 0.255. The zero-order valence-corrected chi connectivity index (χ0v) is 21.0. The minimum absolute atomic E-state index is 0.101. The van der Waals surface area contributed by atoms with E-state index < -0.39 is 0 Å². The van der Waals surface area contributed by atoms with Gasteiger partial charge in [-0.1, -0.05) is 29.2 Å². The van der Waals surface area contributed by atoms with Gasteiger partial charge in [0.1, 0.15) is 0 Å². The molecule has 3 amide bonds. The fraction of sp³-hybridized carbons (Fsp3) is 0.261. The Labute approximate surface area is 210 Å². The van der Waals surface area contributed by atoms with Crippen LogP contribution in [0, 0.1) is 0 Å². The number of nitrogens with one attached hydrogen (secondary N) is 3. The average molecular weight is 516 g/mol. The lowest BCUT2D eigenvalue weighted by molar-refractivity contribution is -0.114. The maximum absolute atomic E-state index is 12.6. The van der Waals surface area contributed by atoms with Crippen LogP contribution in [0.4, 0.5) is 16.5 Å². The van der Waals surface area contributed by atoms with Crippen LogP contribution in [0.15, 0.2) is 46.8 Å².